The largest absolute Gasteiger partial charge is 0.493 e. The second-order valence-electron chi connectivity index (χ2n) is 3.33. The Bertz CT molecular complexity index is 494. The molecule has 0 aliphatic rings. The van der Waals surface area contributed by atoms with Gasteiger partial charge in [0.15, 0.2) is 5.75 Å². The highest BCUT2D eigenvalue weighted by Gasteiger charge is 2.21. The van der Waals surface area contributed by atoms with Gasteiger partial charge in [-0.2, -0.15) is 5.10 Å². The standard InChI is InChI=1S/C10H12ClN3OS/c1-14-9(7(15-2)5-13-14)8(12)10-6(11)3-4-16-10/h3-5,8H,12H2,1-2H3. The third-order valence-corrected chi connectivity index (χ3v) is 3.83. The first-order valence-corrected chi connectivity index (χ1v) is 5.95. The van der Waals surface area contributed by atoms with E-state index in [1.807, 2.05) is 18.5 Å². The number of ether oxygens (including phenoxy) is 1. The lowest BCUT2D eigenvalue weighted by Gasteiger charge is -2.12. The van der Waals surface area contributed by atoms with Crippen LogP contribution in [-0.4, -0.2) is 16.9 Å². The summed E-state index contributed by atoms with van der Waals surface area (Å²) in [5.74, 6) is 0.680. The van der Waals surface area contributed by atoms with Gasteiger partial charge in [-0.15, -0.1) is 11.3 Å². The quantitative estimate of drug-likeness (QED) is 0.917. The summed E-state index contributed by atoms with van der Waals surface area (Å²) in [6, 6.07) is 1.53. The van der Waals surface area contributed by atoms with Gasteiger partial charge < -0.3 is 10.5 Å². The summed E-state index contributed by atoms with van der Waals surface area (Å²) < 4.78 is 6.93. The molecule has 0 amide bonds. The van der Waals surface area contributed by atoms with Gasteiger partial charge in [0.25, 0.3) is 0 Å². The van der Waals surface area contributed by atoms with Gasteiger partial charge in [-0.05, 0) is 11.4 Å². The minimum absolute atomic E-state index is 0.310. The van der Waals surface area contributed by atoms with Crippen LogP contribution in [0, 0.1) is 0 Å². The van der Waals surface area contributed by atoms with Crippen LogP contribution in [0.25, 0.3) is 0 Å². The molecule has 0 saturated carbocycles. The van der Waals surface area contributed by atoms with Crippen LogP contribution in [0.1, 0.15) is 16.6 Å². The predicted molar refractivity (Wildman–Crippen MR) is 65.1 cm³/mol. The van der Waals surface area contributed by atoms with Gasteiger partial charge in [-0.1, -0.05) is 11.6 Å². The van der Waals surface area contributed by atoms with Gasteiger partial charge in [-0.25, -0.2) is 0 Å². The van der Waals surface area contributed by atoms with E-state index in [2.05, 4.69) is 5.10 Å². The molecule has 2 heterocycles. The number of aryl methyl sites for hydroxylation is 1. The zero-order chi connectivity index (χ0) is 11.7. The zero-order valence-corrected chi connectivity index (χ0v) is 10.5. The van der Waals surface area contributed by atoms with Crippen LogP contribution in [0.5, 0.6) is 5.75 Å². The van der Waals surface area contributed by atoms with E-state index in [9.17, 15) is 0 Å². The second kappa shape index (κ2) is 4.45. The van der Waals surface area contributed by atoms with Crippen molar-refractivity contribution in [3.05, 3.63) is 33.2 Å². The van der Waals surface area contributed by atoms with E-state index in [-0.39, 0.29) is 6.04 Å². The number of methoxy groups -OCH3 is 1. The van der Waals surface area contributed by atoms with Crippen molar-refractivity contribution >= 4 is 22.9 Å². The topological polar surface area (TPSA) is 53.1 Å². The Morgan fingerprint density at radius 2 is 2.38 bits per heavy atom. The molecular formula is C10H12ClN3OS. The van der Waals surface area contributed by atoms with E-state index >= 15 is 0 Å². The van der Waals surface area contributed by atoms with Gasteiger partial charge in [-0.3, -0.25) is 4.68 Å². The van der Waals surface area contributed by atoms with Gasteiger partial charge in [0.2, 0.25) is 0 Å². The lowest BCUT2D eigenvalue weighted by Crippen LogP contribution is -2.16. The molecule has 2 N–H and O–H groups in total. The van der Waals surface area contributed by atoms with E-state index in [0.717, 1.165) is 10.6 Å². The van der Waals surface area contributed by atoms with Crippen LogP contribution < -0.4 is 10.5 Å². The van der Waals surface area contributed by atoms with Crippen molar-refractivity contribution in [3.63, 3.8) is 0 Å². The first-order valence-electron chi connectivity index (χ1n) is 4.69. The third kappa shape index (κ3) is 1.81. The summed E-state index contributed by atoms with van der Waals surface area (Å²) in [6.45, 7) is 0. The normalized spacial score (nSPS) is 12.8. The first-order chi connectivity index (χ1) is 7.65. The fraction of sp³-hybridized carbons (Fsp3) is 0.300. The van der Waals surface area contributed by atoms with Crippen molar-refractivity contribution in [2.75, 3.05) is 7.11 Å². The third-order valence-electron chi connectivity index (χ3n) is 2.39. The number of nitrogens with two attached hydrogens (primary N) is 1. The highest BCUT2D eigenvalue weighted by atomic mass is 35.5. The molecule has 0 saturated heterocycles. The molecule has 16 heavy (non-hydrogen) atoms. The lowest BCUT2D eigenvalue weighted by atomic mass is 10.1. The Labute approximate surface area is 103 Å². The summed E-state index contributed by atoms with van der Waals surface area (Å²) >= 11 is 7.59. The summed E-state index contributed by atoms with van der Waals surface area (Å²) in [5, 5.41) is 6.72. The van der Waals surface area contributed by atoms with Crippen molar-refractivity contribution < 1.29 is 4.74 Å². The fourth-order valence-electron chi connectivity index (χ4n) is 1.59. The molecule has 1 atom stereocenters. The van der Waals surface area contributed by atoms with Crippen LogP contribution in [0.4, 0.5) is 0 Å². The summed E-state index contributed by atoms with van der Waals surface area (Å²) in [6.07, 6.45) is 1.65. The van der Waals surface area contributed by atoms with Crippen LogP contribution >= 0.6 is 22.9 Å². The number of hydrogen-bond acceptors (Lipinski definition) is 4. The van der Waals surface area contributed by atoms with E-state index in [1.165, 1.54) is 11.3 Å². The van der Waals surface area contributed by atoms with Crippen molar-refractivity contribution in [3.8, 4) is 5.75 Å². The number of thiophene rings is 1. The van der Waals surface area contributed by atoms with E-state index in [0.29, 0.717) is 10.8 Å². The minimum atomic E-state index is -0.310. The smallest absolute Gasteiger partial charge is 0.161 e. The van der Waals surface area contributed by atoms with Crippen molar-refractivity contribution in [2.24, 2.45) is 12.8 Å². The fourth-order valence-corrected chi connectivity index (χ4v) is 2.77. The molecule has 0 aliphatic carbocycles. The molecule has 6 heteroatoms. The average Bonchev–Trinajstić information content (AvgIpc) is 2.83. The highest BCUT2D eigenvalue weighted by Crippen LogP contribution is 2.34. The molecular weight excluding hydrogens is 246 g/mol. The number of hydrogen-bond donors (Lipinski definition) is 1. The molecule has 4 nitrogen and oxygen atoms in total. The molecule has 0 bridgehead atoms. The number of nitrogens with zero attached hydrogens (tertiary/aromatic N) is 2. The van der Waals surface area contributed by atoms with E-state index < -0.39 is 0 Å². The molecule has 2 aromatic heterocycles. The molecule has 0 aliphatic heterocycles. The van der Waals surface area contributed by atoms with Crippen LogP contribution in [-0.2, 0) is 7.05 Å². The van der Waals surface area contributed by atoms with E-state index in [1.54, 1.807) is 18.0 Å². The Balaban J connectivity index is 2.44. The molecule has 0 fully saturated rings. The van der Waals surface area contributed by atoms with Crippen LogP contribution in [0.3, 0.4) is 0 Å². The minimum Gasteiger partial charge on any atom is -0.493 e. The van der Waals surface area contributed by atoms with Gasteiger partial charge in [0.1, 0.15) is 5.69 Å². The Morgan fingerprint density at radius 3 is 2.94 bits per heavy atom. The SMILES string of the molecule is COc1cnn(C)c1C(N)c1sccc1Cl. The molecule has 0 spiro atoms. The Morgan fingerprint density at radius 1 is 1.62 bits per heavy atom. The molecule has 86 valence electrons. The zero-order valence-electron chi connectivity index (χ0n) is 8.98. The van der Waals surface area contributed by atoms with E-state index in [4.69, 9.17) is 22.1 Å². The highest BCUT2D eigenvalue weighted by molar-refractivity contribution is 7.10. The maximum absolute atomic E-state index is 6.17. The van der Waals surface area contributed by atoms with Crippen LogP contribution in [0.2, 0.25) is 5.02 Å². The van der Waals surface area contributed by atoms with Gasteiger partial charge in [0.05, 0.1) is 24.4 Å². The molecule has 0 radical (unpaired) electrons. The average molecular weight is 258 g/mol. The van der Waals surface area contributed by atoms with Crippen molar-refractivity contribution in [1.29, 1.82) is 0 Å². The Kier molecular flexibility index (Phi) is 3.18. The Hall–Kier alpha value is -1.04. The predicted octanol–water partition coefficient (Wildman–Crippen LogP) is 2.19. The second-order valence-corrected chi connectivity index (χ2v) is 4.69. The number of halogens is 1. The van der Waals surface area contributed by atoms with Crippen molar-refractivity contribution in [2.45, 2.75) is 6.04 Å². The summed E-state index contributed by atoms with van der Waals surface area (Å²) in [5.41, 5.74) is 6.99. The summed E-state index contributed by atoms with van der Waals surface area (Å²) in [7, 11) is 3.43. The van der Waals surface area contributed by atoms with Crippen molar-refractivity contribution in [1.82, 2.24) is 9.78 Å². The number of rotatable bonds is 3. The molecule has 1 unspecified atom stereocenters. The molecule has 2 aromatic rings. The lowest BCUT2D eigenvalue weighted by molar-refractivity contribution is 0.406. The number of aromatic nitrogens is 2. The maximum atomic E-state index is 6.17. The molecule has 2 rings (SSSR count). The first kappa shape index (κ1) is 11.4. The molecule has 0 aromatic carbocycles. The maximum Gasteiger partial charge on any atom is 0.161 e. The van der Waals surface area contributed by atoms with Crippen LogP contribution in [0.15, 0.2) is 17.6 Å². The van der Waals surface area contributed by atoms with Gasteiger partial charge in [0, 0.05) is 11.9 Å². The van der Waals surface area contributed by atoms with Gasteiger partial charge >= 0.3 is 0 Å². The summed E-state index contributed by atoms with van der Waals surface area (Å²) in [4.78, 5) is 0.920. The monoisotopic (exact) mass is 257 g/mol.